The smallest absolute Gasteiger partial charge is 0.149 e. The molecule has 1 saturated carbocycles. The molecule has 1 unspecified atom stereocenters. The number of hydrogen-bond acceptors (Lipinski definition) is 9. The van der Waals surface area contributed by atoms with Gasteiger partial charge >= 0.3 is 0 Å². The molecule has 0 aromatic carbocycles. The Hall–Kier alpha value is -2.14. The number of fused-ring (bicyclic) bond motifs is 1. The van der Waals surface area contributed by atoms with E-state index < -0.39 is 0 Å². The lowest BCUT2D eigenvalue weighted by molar-refractivity contribution is 0.0662. The highest BCUT2D eigenvalue weighted by Crippen LogP contribution is 2.31. The number of nitrogens with zero attached hydrogens (tertiary/aromatic N) is 6. The summed E-state index contributed by atoms with van der Waals surface area (Å²) >= 11 is 1.47. The molecule has 9 nitrogen and oxygen atoms in total. The summed E-state index contributed by atoms with van der Waals surface area (Å²) in [5.74, 6) is 1.79. The van der Waals surface area contributed by atoms with Gasteiger partial charge in [-0.25, -0.2) is 9.97 Å². The number of anilines is 1. The molecule has 0 spiro atoms. The minimum atomic E-state index is 0.428. The van der Waals surface area contributed by atoms with Crippen LogP contribution in [0, 0.1) is 6.92 Å². The summed E-state index contributed by atoms with van der Waals surface area (Å²) < 4.78 is 12.2. The molecule has 0 amide bonds. The van der Waals surface area contributed by atoms with Gasteiger partial charge in [0, 0.05) is 63.6 Å². The van der Waals surface area contributed by atoms with Crippen molar-refractivity contribution in [3.05, 3.63) is 29.5 Å². The Morgan fingerprint density at radius 1 is 1.11 bits per heavy atom. The third-order valence-electron chi connectivity index (χ3n) is 8.09. The van der Waals surface area contributed by atoms with Gasteiger partial charge in [-0.15, -0.1) is 0 Å². The Kier molecular flexibility index (Phi) is 7.19. The molecule has 1 atom stereocenters. The molecule has 6 rings (SSSR count). The van der Waals surface area contributed by atoms with Crippen LogP contribution in [-0.2, 0) is 11.2 Å². The summed E-state index contributed by atoms with van der Waals surface area (Å²) in [6, 6.07) is 2.19. The first-order valence-electron chi connectivity index (χ1n) is 13.6. The van der Waals surface area contributed by atoms with Crippen LogP contribution in [0.5, 0.6) is 0 Å². The molecule has 10 heteroatoms. The first-order chi connectivity index (χ1) is 17.6. The van der Waals surface area contributed by atoms with E-state index >= 15 is 0 Å². The Bertz CT molecular complexity index is 1160. The Labute approximate surface area is 217 Å². The minimum Gasteiger partial charge on any atom is -0.381 e. The summed E-state index contributed by atoms with van der Waals surface area (Å²) in [6.45, 7) is 9.44. The summed E-state index contributed by atoms with van der Waals surface area (Å²) in [4.78, 5) is 13.6. The highest BCUT2D eigenvalue weighted by molar-refractivity contribution is 7.13. The molecule has 5 heterocycles. The average Bonchev–Trinajstić information content (AvgIpc) is 3.52. The van der Waals surface area contributed by atoms with Gasteiger partial charge in [-0.1, -0.05) is 0 Å². The van der Waals surface area contributed by atoms with E-state index in [9.17, 15) is 0 Å². The normalized spacial score (nSPS) is 26.4. The zero-order valence-electron chi connectivity index (χ0n) is 21.4. The first-order valence-corrected chi connectivity index (χ1v) is 14.4. The van der Waals surface area contributed by atoms with Gasteiger partial charge in [0.15, 0.2) is 0 Å². The van der Waals surface area contributed by atoms with Crippen molar-refractivity contribution in [3.63, 3.8) is 0 Å². The summed E-state index contributed by atoms with van der Waals surface area (Å²) in [5.41, 5.74) is 2.17. The van der Waals surface area contributed by atoms with Crippen molar-refractivity contribution < 1.29 is 4.74 Å². The number of piperazine rings is 1. The van der Waals surface area contributed by atoms with Crippen molar-refractivity contribution in [3.8, 4) is 0 Å². The van der Waals surface area contributed by atoms with Gasteiger partial charge in [0.2, 0.25) is 0 Å². The lowest BCUT2D eigenvalue weighted by atomic mass is 9.89. The van der Waals surface area contributed by atoms with Crippen molar-refractivity contribution in [2.75, 3.05) is 38.2 Å². The second kappa shape index (κ2) is 10.7. The second-order valence-electron chi connectivity index (χ2n) is 10.8. The lowest BCUT2D eigenvalue weighted by Crippen LogP contribution is -2.53. The largest absolute Gasteiger partial charge is 0.381 e. The molecule has 1 aliphatic carbocycles. The van der Waals surface area contributed by atoms with Crippen LogP contribution in [0.1, 0.15) is 68.6 Å². The van der Waals surface area contributed by atoms with Gasteiger partial charge in [-0.2, -0.15) is 9.47 Å². The van der Waals surface area contributed by atoms with E-state index in [1.165, 1.54) is 50.3 Å². The maximum absolute atomic E-state index is 5.51. The molecule has 3 aliphatic rings. The van der Waals surface area contributed by atoms with Crippen molar-refractivity contribution in [2.45, 2.75) is 83.0 Å². The van der Waals surface area contributed by atoms with Crippen LogP contribution < -0.4 is 10.6 Å². The van der Waals surface area contributed by atoms with E-state index in [4.69, 9.17) is 14.7 Å². The number of ether oxygens (including phenoxy) is 1. The van der Waals surface area contributed by atoms with E-state index in [0.717, 1.165) is 65.7 Å². The monoisotopic (exact) mass is 510 g/mol. The van der Waals surface area contributed by atoms with E-state index in [0.29, 0.717) is 30.6 Å². The molecule has 2 aliphatic heterocycles. The topological polar surface area (TPSA) is 93.0 Å². The number of aryl methyl sites for hydroxylation is 1. The van der Waals surface area contributed by atoms with Crippen LogP contribution in [0.15, 0.2) is 12.4 Å². The van der Waals surface area contributed by atoms with E-state index in [-0.39, 0.29) is 0 Å². The summed E-state index contributed by atoms with van der Waals surface area (Å²) in [7, 11) is 0. The van der Waals surface area contributed by atoms with E-state index in [1.54, 1.807) is 0 Å². The molecule has 3 aromatic heterocycles. The third-order valence-corrected chi connectivity index (χ3v) is 8.92. The Morgan fingerprint density at radius 2 is 1.94 bits per heavy atom. The summed E-state index contributed by atoms with van der Waals surface area (Å²) in [6.07, 6.45) is 11.7. The molecule has 36 heavy (non-hydrogen) atoms. The molecular weight excluding hydrogens is 472 g/mol. The minimum absolute atomic E-state index is 0.428. The number of nitrogens with one attached hydrogen (secondary N) is 2. The zero-order chi connectivity index (χ0) is 24.5. The van der Waals surface area contributed by atoms with Gasteiger partial charge in [0.05, 0.1) is 23.3 Å². The second-order valence-corrected chi connectivity index (χ2v) is 11.5. The van der Waals surface area contributed by atoms with Crippen LogP contribution >= 0.6 is 11.5 Å². The van der Waals surface area contributed by atoms with Crippen LogP contribution in [0.25, 0.3) is 10.2 Å². The molecule has 0 bridgehead atoms. The highest BCUT2D eigenvalue weighted by Gasteiger charge is 2.29. The quantitative estimate of drug-likeness (QED) is 0.520. The molecule has 2 saturated heterocycles. The van der Waals surface area contributed by atoms with Gasteiger partial charge in [0.25, 0.3) is 0 Å². The number of hydrogen-bond donors (Lipinski definition) is 2. The first kappa shape index (κ1) is 24.2. The number of rotatable bonds is 6. The van der Waals surface area contributed by atoms with Crippen LogP contribution in [-0.4, -0.2) is 80.0 Å². The molecular formula is C26H38N8OS. The Balaban J connectivity index is 1.15. The van der Waals surface area contributed by atoms with Crippen LogP contribution in [0.4, 0.5) is 5.82 Å². The fourth-order valence-electron chi connectivity index (χ4n) is 6.09. The van der Waals surface area contributed by atoms with Crippen molar-refractivity contribution >= 4 is 27.6 Å². The van der Waals surface area contributed by atoms with E-state index in [1.807, 2.05) is 6.20 Å². The molecule has 194 valence electrons. The Morgan fingerprint density at radius 3 is 2.75 bits per heavy atom. The maximum Gasteiger partial charge on any atom is 0.149 e. The maximum atomic E-state index is 5.51. The van der Waals surface area contributed by atoms with Crippen molar-refractivity contribution in [1.82, 2.24) is 34.3 Å². The summed E-state index contributed by atoms with van der Waals surface area (Å²) in [5, 5.41) is 13.1. The standard InChI is InChI=1S/C26H38N8OS/c1-17-15-33(10-9-27-17)21-5-3-20(4-6-21)29-25-24-18(2)32-36-26(24)31-23(30-25)13-19-14-28-34(16-19)22-7-11-35-12-8-22/h14,16-17,20-22,27H,3-13,15H2,1-2H3,(H,29,30,31). The fraction of sp³-hybridized carbons (Fsp3) is 0.692. The van der Waals surface area contributed by atoms with Gasteiger partial charge in [-0.05, 0) is 69.5 Å². The van der Waals surface area contributed by atoms with Gasteiger partial charge < -0.3 is 15.4 Å². The van der Waals surface area contributed by atoms with E-state index in [2.05, 4.69) is 49.7 Å². The predicted molar refractivity (Wildman–Crippen MR) is 143 cm³/mol. The predicted octanol–water partition coefficient (Wildman–Crippen LogP) is 3.55. The fourth-order valence-corrected chi connectivity index (χ4v) is 6.89. The zero-order valence-corrected chi connectivity index (χ0v) is 22.3. The van der Waals surface area contributed by atoms with Gasteiger partial charge in [-0.3, -0.25) is 9.58 Å². The van der Waals surface area contributed by atoms with Crippen LogP contribution in [0.2, 0.25) is 0 Å². The number of aromatic nitrogens is 5. The van der Waals surface area contributed by atoms with Gasteiger partial charge in [0.1, 0.15) is 16.5 Å². The molecule has 2 N–H and O–H groups in total. The molecule has 3 aromatic rings. The SMILES string of the molecule is Cc1nsc2nc(Cc3cnn(C4CCOCC4)c3)nc(NC3CCC(N4CCNC(C)C4)CC3)c12. The third kappa shape index (κ3) is 5.27. The average molecular weight is 511 g/mol. The van der Waals surface area contributed by atoms with Crippen molar-refractivity contribution in [1.29, 1.82) is 0 Å². The lowest BCUT2D eigenvalue weighted by Gasteiger charge is -2.41. The molecule has 0 radical (unpaired) electrons. The van der Waals surface area contributed by atoms with Crippen LogP contribution in [0.3, 0.4) is 0 Å². The molecule has 3 fully saturated rings. The van der Waals surface area contributed by atoms with Crippen molar-refractivity contribution in [2.24, 2.45) is 0 Å². The highest BCUT2D eigenvalue weighted by atomic mass is 32.1.